The lowest BCUT2D eigenvalue weighted by Crippen LogP contribution is -2.20. The highest BCUT2D eigenvalue weighted by Crippen LogP contribution is 2.23. The van der Waals surface area contributed by atoms with Crippen molar-refractivity contribution in [2.45, 2.75) is 25.6 Å². The first-order chi connectivity index (χ1) is 8.41. The third-order valence-electron chi connectivity index (χ3n) is 2.36. The Kier molecular flexibility index (Phi) is 5.71. The fourth-order valence-electron chi connectivity index (χ4n) is 1.43. The molecular weight excluding hydrogens is 262 g/mol. The van der Waals surface area contributed by atoms with Gasteiger partial charge in [-0.1, -0.05) is 17.8 Å². The average molecular weight is 276 g/mol. The Balaban J connectivity index is 2.62. The van der Waals surface area contributed by atoms with Gasteiger partial charge < -0.3 is 10.2 Å². The SMILES string of the molecule is CC(=O)SCCC(O)C(O)c1ccc(F)cc1F. The van der Waals surface area contributed by atoms with Crippen molar-refractivity contribution in [1.29, 1.82) is 0 Å². The minimum Gasteiger partial charge on any atom is -0.390 e. The summed E-state index contributed by atoms with van der Waals surface area (Å²) in [7, 11) is 0. The first-order valence-electron chi connectivity index (χ1n) is 5.36. The number of thioether (sulfide) groups is 1. The summed E-state index contributed by atoms with van der Waals surface area (Å²) in [4.78, 5) is 10.7. The lowest BCUT2D eigenvalue weighted by Gasteiger charge is -2.18. The molecule has 0 aliphatic heterocycles. The summed E-state index contributed by atoms with van der Waals surface area (Å²) in [5.74, 6) is -1.32. The maximum atomic E-state index is 13.3. The number of hydrogen-bond donors (Lipinski definition) is 2. The number of aliphatic hydroxyl groups excluding tert-OH is 2. The van der Waals surface area contributed by atoms with Crippen LogP contribution in [0.5, 0.6) is 0 Å². The molecule has 1 rings (SSSR count). The second-order valence-electron chi connectivity index (χ2n) is 3.81. The van der Waals surface area contributed by atoms with Gasteiger partial charge in [0.25, 0.3) is 0 Å². The second-order valence-corrected chi connectivity index (χ2v) is 5.08. The fraction of sp³-hybridized carbons (Fsp3) is 0.417. The number of carbonyl (C=O) groups is 1. The van der Waals surface area contributed by atoms with Crippen LogP contribution in [0.25, 0.3) is 0 Å². The Morgan fingerprint density at radius 2 is 2.06 bits per heavy atom. The summed E-state index contributed by atoms with van der Waals surface area (Å²) in [6, 6.07) is 2.75. The molecule has 0 aromatic heterocycles. The third kappa shape index (κ3) is 4.36. The monoisotopic (exact) mass is 276 g/mol. The lowest BCUT2D eigenvalue weighted by molar-refractivity contribution is -0.109. The molecule has 0 heterocycles. The van der Waals surface area contributed by atoms with Crippen molar-refractivity contribution < 1.29 is 23.8 Å². The molecule has 3 nitrogen and oxygen atoms in total. The maximum absolute atomic E-state index is 13.3. The van der Waals surface area contributed by atoms with Crippen LogP contribution in [0.2, 0.25) is 0 Å². The summed E-state index contributed by atoms with van der Waals surface area (Å²) in [6.07, 6.45) is -2.49. The first-order valence-corrected chi connectivity index (χ1v) is 6.35. The molecule has 1 aromatic carbocycles. The molecule has 2 atom stereocenters. The van der Waals surface area contributed by atoms with E-state index in [1.165, 1.54) is 6.92 Å². The quantitative estimate of drug-likeness (QED) is 0.864. The minimum absolute atomic E-state index is 0.0929. The molecule has 0 radical (unpaired) electrons. The van der Waals surface area contributed by atoms with Gasteiger partial charge in [0.1, 0.15) is 17.7 Å². The van der Waals surface area contributed by atoms with E-state index in [1.807, 2.05) is 0 Å². The smallest absolute Gasteiger partial charge is 0.185 e. The van der Waals surface area contributed by atoms with Crippen LogP contribution >= 0.6 is 11.8 Å². The molecule has 0 fully saturated rings. The average Bonchev–Trinajstić information content (AvgIpc) is 2.27. The van der Waals surface area contributed by atoms with E-state index in [0.717, 1.165) is 23.9 Å². The molecule has 0 aliphatic carbocycles. The van der Waals surface area contributed by atoms with E-state index in [4.69, 9.17) is 0 Å². The van der Waals surface area contributed by atoms with Gasteiger partial charge in [0.2, 0.25) is 0 Å². The highest BCUT2D eigenvalue weighted by Gasteiger charge is 2.21. The van der Waals surface area contributed by atoms with Crippen molar-refractivity contribution in [3.8, 4) is 0 Å². The topological polar surface area (TPSA) is 57.5 Å². The zero-order valence-electron chi connectivity index (χ0n) is 9.77. The number of halogens is 2. The summed E-state index contributed by atoms with van der Waals surface area (Å²) in [5.41, 5.74) is -0.156. The van der Waals surface area contributed by atoms with Crippen LogP contribution in [0.1, 0.15) is 25.0 Å². The van der Waals surface area contributed by atoms with Gasteiger partial charge in [-0.15, -0.1) is 0 Å². The Morgan fingerprint density at radius 1 is 1.39 bits per heavy atom. The molecule has 100 valence electrons. The Labute approximate surface area is 108 Å². The van der Waals surface area contributed by atoms with Crippen LogP contribution in [0.4, 0.5) is 8.78 Å². The standard InChI is InChI=1S/C12H14F2O3S/c1-7(15)18-5-4-11(16)12(17)9-3-2-8(13)6-10(9)14/h2-3,6,11-12,16-17H,4-5H2,1H3. The molecule has 0 amide bonds. The molecular formula is C12H14F2O3S. The van der Waals surface area contributed by atoms with Crippen molar-refractivity contribution in [3.63, 3.8) is 0 Å². The molecule has 1 aromatic rings. The molecule has 0 aliphatic rings. The van der Waals surface area contributed by atoms with Crippen LogP contribution in [0.15, 0.2) is 18.2 Å². The number of rotatable bonds is 5. The summed E-state index contributed by atoms with van der Waals surface area (Å²) >= 11 is 1.02. The zero-order chi connectivity index (χ0) is 13.7. The molecule has 18 heavy (non-hydrogen) atoms. The number of benzene rings is 1. The third-order valence-corrected chi connectivity index (χ3v) is 3.21. The van der Waals surface area contributed by atoms with Crippen molar-refractivity contribution in [2.24, 2.45) is 0 Å². The van der Waals surface area contributed by atoms with Gasteiger partial charge in [-0.2, -0.15) is 0 Å². The van der Waals surface area contributed by atoms with E-state index >= 15 is 0 Å². The van der Waals surface area contributed by atoms with Crippen molar-refractivity contribution in [3.05, 3.63) is 35.4 Å². The van der Waals surface area contributed by atoms with Crippen molar-refractivity contribution >= 4 is 16.9 Å². The molecule has 0 spiro atoms. The molecule has 0 bridgehead atoms. The molecule has 2 N–H and O–H groups in total. The summed E-state index contributed by atoms with van der Waals surface area (Å²) in [5, 5.41) is 19.3. The number of hydrogen-bond acceptors (Lipinski definition) is 4. The maximum Gasteiger partial charge on any atom is 0.185 e. The Bertz CT molecular complexity index is 426. The zero-order valence-corrected chi connectivity index (χ0v) is 10.6. The van der Waals surface area contributed by atoms with Crippen LogP contribution in [0.3, 0.4) is 0 Å². The highest BCUT2D eigenvalue weighted by atomic mass is 32.2. The van der Waals surface area contributed by atoms with E-state index in [1.54, 1.807) is 0 Å². The van der Waals surface area contributed by atoms with Crippen LogP contribution < -0.4 is 0 Å². The van der Waals surface area contributed by atoms with Gasteiger partial charge in [-0.05, 0) is 12.5 Å². The van der Waals surface area contributed by atoms with Gasteiger partial charge >= 0.3 is 0 Å². The number of aliphatic hydroxyl groups is 2. The lowest BCUT2D eigenvalue weighted by atomic mass is 10.0. The van der Waals surface area contributed by atoms with E-state index in [9.17, 15) is 23.8 Å². The van der Waals surface area contributed by atoms with E-state index in [2.05, 4.69) is 0 Å². The Morgan fingerprint density at radius 3 is 2.61 bits per heavy atom. The predicted molar refractivity (Wildman–Crippen MR) is 65.1 cm³/mol. The second kappa shape index (κ2) is 6.82. The summed E-state index contributed by atoms with van der Waals surface area (Å²) in [6.45, 7) is 1.40. The van der Waals surface area contributed by atoms with Crippen molar-refractivity contribution in [2.75, 3.05) is 5.75 Å². The van der Waals surface area contributed by atoms with Crippen molar-refractivity contribution in [1.82, 2.24) is 0 Å². The van der Waals surface area contributed by atoms with E-state index < -0.39 is 23.8 Å². The fourth-order valence-corrected chi connectivity index (χ4v) is 2.08. The highest BCUT2D eigenvalue weighted by molar-refractivity contribution is 8.13. The van der Waals surface area contributed by atoms with Gasteiger partial charge in [-0.25, -0.2) is 8.78 Å². The van der Waals surface area contributed by atoms with Crippen LogP contribution in [0, 0.1) is 11.6 Å². The van der Waals surface area contributed by atoms with Gasteiger partial charge in [-0.3, -0.25) is 4.79 Å². The number of carbonyl (C=O) groups excluding carboxylic acids is 1. The Hall–Kier alpha value is -0.980. The van der Waals surface area contributed by atoms with Crippen LogP contribution in [-0.4, -0.2) is 27.2 Å². The predicted octanol–water partition coefficient (Wildman–Crippen LogP) is 2.03. The summed E-state index contributed by atoms with van der Waals surface area (Å²) < 4.78 is 26.0. The molecule has 0 saturated heterocycles. The normalized spacial score (nSPS) is 14.3. The minimum atomic E-state index is -1.43. The van der Waals surface area contributed by atoms with Crippen LogP contribution in [-0.2, 0) is 4.79 Å². The van der Waals surface area contributed by atoms with E-state index in [-0.39, 0.29) is 17.1 Å². The van der Waals surface area contributed by atoms with Gasteiger partial charge in [0.15, 0.2) is 5.12 Å². The van der Waals surface area contributed by atoms with E-state index in [0.29, 0.717) is 11.8 Å². The largest absolute Gasteiger partial charge is 0.390 e. The molecule has 6 heteroatoms. The van der Waals surface area contributed by atoms with Gasteiger partial charge in [0, 0.05) is 24.3 Å². The van der Waals surface area contributed by atoms with Gasteiger partial charge in [0.05, 0.1) is 6.10 Å². The molecule has 2 unspecified atom stereocenters. The molecule has 0 saturated carbocycles. The first kappa shape index (κ1) is 15.1.